The summed E-state index contributed by atoms with van der Waals surface area (Å²) in [4.78, 5) is 0. The largest absolute Gasteiger partial charge is 0.490 e. The van der Waals surface area contributed by atoms with Gasteiger partial charge >= 0.3 is 0 Å². The van der Waals surface area contributed by atoms with Crippen LogP contribution in [0.4, 0.5) is 0 Å². The highest BCUT2D eigenvalue weighted by atomic mass is 16.5. The molecule has 0 saturated heterocycles. The molecule has 2 unspecified atom stereocenters. The highest BCUT2D eigenvalue weighted by Crippen LogP contribution is 2.32. The fraction of sp³-hybridized carbons (Fsp3) is 0.647. The number of hydrogen-bond acceptors (Lipinski definition) is 3. The fourth-order valence-corrected chi connectivity index (χ4v) is 2.31. The number of benzene rings is 1. The second kappa shape index (κ2) is 8.15. The Morgan fingerprint density at radius 2 is 1.55 bits per heavy atom. The zero-order valence-corrected chi connectivity index (χ0v) is 13.7. The predicted octanol–water partition coefficient (Wildman–Crippen LogP) is 3.97. The zero-order chi connectivity index (χ0) is 15.1. The Balaban J connectivity index is 2.92. The molecule has 114 valence electrons. The van der Waals surface area contributed by atoms with Crippen LogP contribution in [0, 0.1) is 0 Å². The van der Waals surface area contributed by atoms with Crippen molar-refractivity contribution in [3.05, 3.63) is 23.8 Å². The van der Waals surface area contributed by atoms with Gasteiger partial charge in [0.15, 0.2) is 11.5 Å². The molecule has 0 aromatic heterocycles. The summed E-state index contributed by atoms with van der Waals surface area (Å²) in [6, 6.07) is 7.17. The highest BCUT2D eigenvalue weighted by molar-refractivity contribution is 5.44. The number of ether oxygens (including phenoxy) is 2. The number of nitrogens with one attached hydrogen (secondary N) is 1. The lowest BCUT2D eigenvalue weighted by Gasteiger charge is -2.24. The van der Waals surface area contributed by atoms with Crippen LogP contribution in [0.1, 0.15) is 53.0 Å². The molecule has 0 bridgehead atoms. The van der Waals surface area contributed by atoms with Crippen molar-refractivity contribution < 1.29 is 9.47 Å². The first-order chi connectivity index (χ1) is 9.49. The minimum absolute atomic E-state index is 0.419. The van der Waals surface area contributed by atoms with Gasteiger partial charge in [-0.2, -0.15) is 0 Å². The third-order valence-corrected chi connectivity index (χ3v) is 3.44. The van der Waals surface area contributed by atoms with Crippen molar-refractivity contribution in [3.8, 4) is 11.5 Å². The molecule has 0 heterocycles. The first-order valence-corrected chi connectivity index (χ1v) is 7.65. The van der Waals surface area contributed by atoms with E-state index in [2.05, 4.69) is 45.1 Å². The Bertz CT molecular complexity index is 404. The third-order valence-electron chi connectivity index (χ3n) is 3.44. The minimum Gasteiger partial charge on any atom is -0.490 e. The molecule has 3 nitrogen and oxygen atoms in total. The molecule has 1 aromatic carbocycles. The smallest absolute Gasteiger partial charge is 0.161 e. The van der Waals surface area contributed by atoms with Gasteiger partial charge in [0, 0.05) is 12.1 Å². The molecule has 0 fully saturated rings. The minimum atomic E-state index is 0.419. The molecule has 0 spiro atoms. The van der Waals surface area contributed by atoms with Crippen molar-refractivity contribution in [1.82, 2.24) is 5.32 Å². The van der Waals surface area contributed by atoms with Crippen LogP contribution in [-0.4, -0.2) is 25.3 Å². The van der Waals surface area contributed by atoms with Gasteiger partial charge in [-0.25, -0.2) is 0 Å². The van der Waals surface area contributed by atoms with Crippen LogP contribution in [0.25, 0.3) is 0 Å². The van der Waals surface area contributed by atoms with E-state index in [1.807, 2.05) is 19.9 Å². The lowest BCUT2D eigenvalue weighted by Crippen LogP contribution is -2.36. The maximum absolute atomic E-state index is 5.70. The highest BCUT2D eigenvalue weighted by Gasteiger charge is 2.17. The summed E-state index contributed by atoms with van der Waals surface area (Å²) in [6.45, 7) is 14.1. The van der Waals surface area contributed by atoms with Crippen LogP contribution in [0.15, 0.2) is 18.2 Å². The van der Waals surface area contributed by atoms with Gasteiger partial charge in [-0.05, 0) is 44.4 Å². The second-order valence-corrected chi connectivity index (χ2v) is 5.47. The van der Waals surface area contributed by atoms with Crippen molar-refractivity contribution >= 4 is 0 Å². The van der Waals surface area contributed by atoms with Crippen LogP contribution < -0.4 is 14.8 Å². The molecule has 2 atom stereocenters. The normalized spacial score (nSPS) is 14.2. The maximum Gasteiger partial charge on any atom is 0.161 e. The van der Waals surface area contributed by atoms with Gasteiger partial charge in [0.2, 0.25) is 0 Å². The molecule has 0 aliphatic heterocycles. The van der Waals surface area contributed by atoms with Gasteiger partial charge < -0.3 is 14.8 Å². The van der Waals surface area contributed by atoms with E-state index < -0.39 is 0 Å². The Kier molecular flexibility index (Phi) is 6.86. The summed E-state index contributed by atoms with van der Waals surface area (Å²) in [5, 5.41) is 3.56. The van der Waals surface area contributed by atoms with E-state index in [4.69, 9.17) is 9.47 Å². The van der Waals surface area contributed by atoms with Gasteiger partial charge in [0.25, 0.3) is 0 Å². The van der Waals surface area contributed by atoms with Crippen molar-refractivity contribution in [2.24, 2.45) is 0 Å². The molecule has 0 radical (unpaired) electrons. The first kappa shape index (κ1) is 16.8. The average Bonchev–Trinajstić information content (AvgIpc) is 2.39. The Hall–Kier alpha value is -1.22. The standard InChI is InChI=1S/C17H29NO2/c1-7-19-16-10-9-15(11-17(16)20-8-2)13(5)14(6)18-12(3)4/h9-14,18H,7-8H2,1-6H3. The maximum atomic E-state index is 5.70. The van der Waals surface area contributed by atoms with Crippen molar-refractivity contribution in [1.29, 1.82) is 0 Å². The van der Waals surface area contributed by atoms with E-state index in [9.17, 15) is 0 Å². The molecular weight excluding hydrogens is 250 g/mol. The SMILES string of the molecule is CCOc1ccc(C(C)C(C)NC(C)C)cc1OCC. The summed E-state index contributed by atoms with van der Waals surface area (Å²) in [5.41, 5.74) is 1.28. The molecule has 0 aliphatic rings. The van der Waals surface area contributed by atoms with E-state index in [0.29, 0.717) is 31.2 Å². The monoisotopic (exact) mass is 279 g/mol. The summed E-state index contributed by atoms with van der Waals surface area (Å²) in [5.74, 6) is 2.09. The molecule has 0 aliphatic carbocycles. The van der Waals surface area contributed by atoms with E-state index in [0.717, 1.165) is 11.5 Å². The third kappa shape index (κ3) is 4.71. The topological polar surface area (TPSA) is 30.5 Å². The molecule has 1 rings (SSSR count). The second-order valence-electron chi connectivity index (χ2n) is 5.47. The summed E-state index contributed by atoms with van der Waals surface area (Å²) < 4.78 is 11.3. The van der Waals surface area contributed by atoms with Gasteiger partial charge in [-0.15, -0.1) is 0 Å². The first-order valence-electron chi connectivity index (χ1n) is 7.65. The lowest BCUT2D eigenvalue weighted by atomic mass is 9.93. The van der Waals surface area contributed by atoms with Crippen LogP contribution in [0.2, 0.25) is 0 Å². The Morgan fingerprint density at radius 1 is 0.950 bits per heavy atom. The van der Waals surface area contributed by atoms with Crippen LogP contribution in [0.3, 0.4) is 0 Å². The Morgan fingerprint density at radius 3 is 2.10 bits per heavy atom. The van der Waals surface area contributed by atoms with Crippen LogP contribution in [-0.2, 0) is 0 Å². The van der Waals surface area contributed by atoms with E-state index in [-0.39, 0.29) is 0 Å². The van der Waals surface area contributed by atoms with Crippen LogP contribution >= 0.6 is 0 Å². The molecule has 3 heteroatoms. The summed E-state index contributed by atoms with van der Waals surface area (Å²) in [7, 11) is 0. The lowest BCUT2D eigenvalue weighted by molar-refractivity contribution is 0.287. The predicted molar refractivity (Wildman–Crippen MR) is 84.9 cm³/mol. The van der Waals surface area contributed by atoms with Crippen molar-refractivity contribution in [3.63, 3.8) is 0 Å². The number of hydrogen-bond donors (Lipinski definition) is 1. The molecule has 0 amide bonds. The van der Waals surface area contributed by atoms with Gasteiger partial charge in [0.05, 0.1) is 13.2 Å². The number of rotatable bonds is 8. The van der Waals surface area contributed by atoms with Gasteiger partial charge in [-0.1, -0.05) is 26.8 Å². The van der Waals surface area contributed by atoms with E-state index >= 15 is 0 Å². The quantitative estimate of drug-likeness (QED) is 0.781. The molecule has 0 saturated carbocycles. The van der Waals surface area contributed by atoms with Crippen LogP contribution in [0.5, 0.6) is 11.5 Å². The molecule has 1 N–H and O–H groups in total. The molecule has 1 aromatic rings. The molecular formula is C17H29NO2. The van der Waals surface area contributed by atoms with E-state index in [1.165, 1.54) is 5.56 Å². The van der Waals surface area contributed by atoms with Gasteiger partial charge in [-0.3, -0.25) is 0 Å². The summed E-state index contributed by atoms with van der Waals surface area (Å²) in [6.07, 6.45) is 0. The average molecular weight is 279 g/mol. The van der Waals surface area contributed by atoms with Gasteiger partial charge in [0.1, 0.15) is 0 Å². The van der Waals surface area contributed by atoms with Crippen molar-refractivity contribution in [2.45, 2.75) is 59.5 Å². The van der Waals surface area contributed by atoms with E-state index in [1.54, 1.807) is 0 Å². The Labute approximate surface area is 123 Å². The molecule has 20 heavy (non-hydrogen) atoms. The fourth-order valence-electron chi connectivity index (χ4n) is 2.31. The summed E-state index contributed by atoms with van der Waals surface area (Å²) >= 11 is 0. The van der Waals surface area contributed by atoms with Crippen molar-refractivity contribution in [2.75, 3.05) is 13.2 Å². The zero-order valence-electron chi connectivity index (χ0n) is 13.7.